The van der Waals surface area contributed by atoms with Crippen LogP contribution in [0.1, 0.15) is 11.1 Å². The number of anilines is 1. The zero-order chi connectivity index (χ0) is 24.7. The number of nitrogens with one attached hydrogen (secondary N) is 1. The number of rotatable bonds is 9. The molecule has 6 nitrogen and oxygen atoms in total. The Balaban J connectivity index is 1.48. The largest absolute Gasteiger partial charge is 0.457 e. The maximum absolute atomic E-state index is 13.4. The molecule has 0 aliphatic heterocycles. The van der Waals surface area contributed by atoms with Crippen molar-refractivity contribution in [2.24, 2.45) is 0 Å². The maximum atomic E-state index is 13.4. The van der Waals surface area contributed by atoms with E-state index in [1.165, 1.54) is 4.31 Å². The molecule has 0 saturated carbocycles. The average molecular weight is 487 g/mol. The first-order chi connectivity index (χ1) is 16.9. The predicted octanol–water partition coefficient (Wildman–Crippen LogP) is 5.62. The van der Waals surface area contributed by atoms with E-state index in [9.17, 15) is 13.2 Å². The van der Waals surface area contributed by atoms with Crippen molar-refractivity contribution in [3.63, 3.8) is 0 Å². The molecule has 7 heteroatoms. The minimum Gasteiger partial charge on any atom is -0.457 e. The molecule has 0 spiro atoms. The number of carbonyl (C=O) groups excluding carboxylic acids is 1. The number of amides is 1. The molecule has 0 aromatic heterocycles. The molecule has 0 bridgehead atoms. The van der Waals surface area contributed by atoms with Gasteiger partial charge in [-0.05, 0) is 61.0 Å². The van der Waals surface area contributed by atoms with Gasteiger partial charge in [-0.15, -0.1) is 0 Å². The van der Waals surface area contributed by atoms with E-state index in [-0.39, 0.29) is 18.0 Å². The Kier molecular flexibility index (Phi) is 7.60. The second-order valence-electron chi connectivity index (χ2n) is 8.06. The molecule has 35 heavy (non-hydrogen) atoms. The van der Waals surface area contributed by atoms with Gasteiger partial charge in [0.1, 0.15) is 11.5 Å². The molecule has 0 saturated heterocycles. The number of nitrogens with zero attached hydrogens (tertiary/aromatic N) is 1. The van der Waals surface area contributed by atoms with E-state index in [1.807, 2.05) is 67.6 Å². The number of sulfonamides is 1. The van der Waals surface area contributed by atoms with Gasteiger partial charge in [-0.3, -0.25) is 4.79 Å². The van der Waals surface area contributed by atoms with E-state index < -0.39 is 15.9 Å². The van der Waals surface area contributed by atoms with Crippen molar-refractivity contribution in [3.05, 3.63) is 120 Å². The Labute approximate surface area is 205 Å². The van der Waals surface area contributed by atoms with Crippen LogP contribution in [0.5, 0.6) is 11.5 Å². The van der Waals surface area contributed by atoms with Crippen molar-refractivity contribution in [1.82, 2.24) is 4.31 Å². The number of carbonyl (C=O) groups is 1. The van der Waals surface area contributed by atoms with Crippen LogP contribution in [0.3, 0.4) is 0 Å². The minimum atomic E-state index is -3.89. The number of aryl methyl sites for hydroxylation is 1. The number of hydrogen-bond donors (Lipinski definition) is 1. The highest BCUT2D eigenvalue weighted by Gasteiger charge is 2.27. The first kappa shape index (κ1) is 24.2. The van der Waals surface area contributed by atoms with Crippen molar-refractivity contribution in [2.75, 3.05) is 11.9 Å². The van der Waals surface area contributed by atoms with Crippen LogP contribution in [0, 0.1) is 6.92 Å². The summed E-state index contributed by atoms with van der Waals surface area (Å²) in [6.45, 7) is 1.64. The monoisotopic (exact) mass is 486 g/mol. The van der Waals surface area contributed by atoms with Crippen LogP contribution < -0.4 is 10.1 Å². The Morgan fingerprint density at radius 1 is 0.771 bits per heavy atom. The fourth-order valence-electron chi connectivity index (χ4n) is 3.46. The summed E-state index contributed by atoms with van der Waals surface area (Å²) in [5.41, 5.74) is 2.29. The van der Waals surface area contributed by atoms with Crippen molar-refractivity contribution in [1.29, 1.82) is 0 Å². The molecule has 0 unspecified atom stereocenters. The van der Waals surface area contributed by atoms with Gasteiger partial charge < -0.3 is 10.1 Å². The van der Waals surface area contributed by atoms with Crippen molar-refractivity contribution in [3.8, 4) is 11.5 Å². The zero-order valence-electron chi connectivity index (χ0n) is 19.3. The third-order valence-electron chi connectivity index (χ3n) is 5.30. The minimum absolute atomic E-state index is 0.0777. The molecule has 0 heterocycles. The Bertz CT molecular complexity index is 1360. The fraction of sp³-hybridized carbons (Fsp3) is 0.107. The summed E-state index contributed by atoms with van der Waals surface area (Å²) in [7, 11) is -3.89. The summed E-state index contributed by atoms with van der Waals surface area (Å²) < 4.78 is 33.7. The Morgan fingerprint density at radius 3 is 1.97 bits per heavy atom. The predicted molar refractivity (Wildman–Crippen MR) is 137 cm³/mol. The molecule has 0 fully saturated rings. The van der Waals surface area contributed by atoms with Gasteiger partial charge in [0, 0.05) is 12.2 Å². The van der Waals surface area contributed by atoms with Crippen LogP contribution in [-0.4, -0.2) is 25.2 Å². The van der Waals surface area contributed by atoms with E-state index in [4.69, 9.17) is 4.74 Å². The number of ether oxygens (including phenoxy) is 1. The average Bonchev–Trinajstić information content (AvgIpc) is 2.86. The van der Waals surface area contributed by atoms with Crippen LogP contribution in [0.15, 0.2) is 114 Å². The summed E-state index contributed by atoms with van der Waals surface area (Å²) in [5, 5.41) is 2.78. The highest BCUT2D eigenvalue weighted by Crippen LogP contribution is 2.23. The molecule has 4 rings (SSSR count). The summed E-state index contributed by atoms with van der Waals surface area (Å²) in [6, 6.07) is 32.1. The van der Waals surface area contributed by atoms with E-state index in [2.05, 4.69) is 5.32 Å². The van der Waals surface area contributed by atoms with Gasteiger partial charge in [0.05, 0.1) is 11.4 Å². The SMILES string of the molecule is Cc1ccc(S(=O)(=O)N(CC(=O)Nc2ccc(Oc3ccccc3)cc2)Cc2ccccc2)cc1. The van der Waals surface area contributed by atoms with E-state index >= 15 is 0 Å². The quantitative estimate of drug-likeness (QED) is 0.333. The van der Waals surface area contributed by atoms with Gasteiger partial charge in [0.25, 0.3) is 0 Å². The standard InChI is InChI=1S/C28H26N2O4S/c1-22-12-18-27(19-13-22)35(32,33)30(20-23-8-4-2-5-9-23)21-28(31)29-24-14-16-26(17-15-24)34-25-10-6-3-7-11-25/h2-19H,20-21H2,1H3,(H,29,31). The van der Waals surface area contributed by atoms with Crippen LogP contribution in [0.2, 0.25) is 0 Å². The molecule has 1 amide bonds. The summed E-state index contributed by atoms with van der Waals surface area (Å²) in [4.78, 5) is 13.0. The number of benzene rings is 4. The highest BCUT2D eigenvalue weighted by atomic mass is 32.2. The normalized spacial score (nSPS) is 11.3. The molecule has 0 aliphatic rings. The maximum Gasteiger partial charge on any atom is 0.243 e. The third kappa shape index (κ3) is 6.56. The molecule has 4 aromatic carbocycles. The van der Waals surface area contributed by atoms with Gasteiger partial charge >= 0.3 is 0 Å². The van der Waals surface area contributed by atoms with E-state index in [1.54, 1.807) is 48.5 Å². The molecule has 1 N–H and O–H groups in total. The first-order valence-electron chi connectivity index (χ1n) is 11.1. The van der Waals surface area contributed by atoms with Crippen molar-refractivity contribution >= 4 is 21.6 Å². The molecule has 0 atom stereocenters. The summed E-state index contributed by atoms with van der Waals surface area (Å²) in [6.07, 6.45) is 0. The lowest BCUT2D eigenvalue weighted by Crippen LogP contribution is -2.37. The lowest BCUT2D eigenvalue weighted by molar-refractivity contribution is -0.116. The Hall–Kier alpha value is -3.94. The van der Waals surface area contributed by atoms with Crippen LogP contribution in [0.25, 0.3) is 0 Å². The van der Waals surface area contributed by atoms with Crippen molar-refractivity contribution < 1.29 is 17.9 Å². The lowest BCUT2D eigenvalue weighted by Gasteiger charge is -2.22. The van der Waals surface area contributed by atoms with Crippen molar-refractivity contribution in [2.45, 2.75) is 18.4 Å². The summed E-state index contributed by atoms with van der Waals surface area (Å²) in [5.74, 6) is 0.900. The van der Waals surface area contributed by atoms with Gasteiger partial charge in [-0.25, -0.2) is 8.42 Å². The highest BCUT2D eigenvalue weighted by molar-refractivity contribution is 7.89. The van der Waals surface area contributed by atoms with E-state index in [0.29, 0.717) is 17.2 Å². The molecular weight excluding hydrogens is 460 g/mol. The van der Waals surface area contributed by atoms with Gasteiger partial charge in [-0.1, -0.05) is 66.2 Å². The van der Waals surface area contributed by atoms with Crippen LogP contribution in [-0.2, 0) is 21.4 Å². The van der Waals surface area contributed by atoms with Gasteiger partial charge in [0.15, 0.2) is 0 Å². The van der Waals surface area contributed by atoms with Crippen LogP contribution >= 0.6 is 0 Å². The summed E-state index contributed by atoms with van der Waals surface area (Å²) >= 11 is 0. The molecule has 4 aromatic rings. The third-order valence-corrected chi connectivity index (χ3v) is 7.10. The zero-order valence-corrected chi connectivity index (χ0v) is 20.1. The lowest BCUT2D eigenvalue weighted by atomic mass is 10.2. The van der Waals surface area contributed by atoms with E-state index in [0.717, 1.165) is 11.1 Å². The Morgan fingerprint density at radius 2 is 1.34 bits per heavy atom. The molecule has 178 valence electrons. The smallest absolute Gasteiger partial charge is 0.243 e. The first-order valence-corrected chi connectivity index (χ1v) is 12.6. The fourth-order valence-corrected chi connectivity index (χ4v) is 4.85. The van der Waals surface area contributed by atoms with Gasteiger partial charge in [0.2, 0.25) is 15.9 Å². The number of para-hydroxylation sites is 1. The topological polar surface area (TPSA) is 75.7 Å². The molecule has 0 aliphatic carbocycles. The second kappa shape index (κ2) is 11.0. The van der Waals surface area contributed by atoms with Gasteiger partial charge in [-0.2, -0.15) is 4.31 Å². The molecular formula is C28H26N2O4S. The van der Waals surface area contributed by atoms with Crippen LogP contribution in [0.4, 0.5) is 5.69 Å². The second-order valence-corrected chi connectivity index (χ2v) is 10.00. The molecule has 0 radical (unpaired) electrons. The number of hydrogen-bond acceptors (Lipinski definition) is 4.